The fourth-order valence-electron chi connectivity index (χ4n) is 1.98. The Hall–Kier alpha value is -1.94. The van der Waals surface area contributed by atoms with E-state index in [0.29, 0.717) is 6.04 Å². The van der Waals surface area contributed by atoms with Gasteiger partial charge in [-0.25, -0.2) is 4.98 Å². The molecule has 106 valence electrons. The molecule has 0 aliphatic heterocycles. The lowest BCUT2D eigenvalue weighted by Crippen LogP contribution is -2.34. The summed E-state index contributed by atoms with van der Waals surface area (Å²) < 4.78 is 0. The van der Waals surface area contributed by atoms with Gasteiger partial charge in [-0.3, -0.25) is 9.88 Å². The molecule has 4 nitrogen and oxygen atoms in total. The van der Waals surface area contributed by atoms with Gasteiger partial charge in [-0.15, -0.1) is 0 Å². The Bertz CT molecular complexity index is 527. The summed E-state index contributed by atoms with van der Waals surface area (Å²) in [5.41, 5.74) is 2.26. The number of rotatable bonds is 6. The summed E-state index contributed by atoms with van der Waals surface area (Å²) in [4.78, 5) is 10.9. The van der Waals surface area contributed by atoms with Crippen LogP contribution < -0.4 is 5.32 Å². The molecule has 1 atom stereocenters. The zero-order chi connectivity index (χ0) is 14.4. The monoisotopic (exact) mass is 270 g/mol. The molecule has 0 spiro atoms. The molecule has 20 heavy (non-hydrogen) atoms. The maximum atomic E-state index is 4.40. The molecule has 2 rings (SSSR count). The zero-order valence-electron chi connectivity index (χ0n) is 12.4. The van der Waals surface area contributed by atoms with Gasteiger partial charge in [-0.1, -0.05) is 30.3 Å². The number of aromatic nitrogens is 2. The second-order valence-electron chi connectivity index (χ2n) is 5.18. The average molecular weight is 270 g/mol. The normalized spacial score (nSPS) is 12.4. The van der Waals surface area contributed by atoms with E-state index in [1.165, 1.54) is 5.56 Å². The third-order valence-electron chi connectivity index (χ3n) is 3.36. The van der Waals surface area contributed by atoms with Gasteiger partial charge in [0.25, 0.3) is 0 Å². The van der Waals surface area contributed by atoms with Crippen LogP contribution in [0.2, 0.25) is 0 Å². The number of likely N-dealkylation sites (N-methyl/N-ethyl adjacent to an activating group) is 1. The summed E-state index contributed by atoms with van der Waals surface area (Å²) >= 11 is 0. The molecule has 2 aromatic rings. The minimum Gasteiger partial charge on any atom is -0.367 e. The predicted octanol–water partition coefficient (Wildman–Crippen LogP) is 2.72. The van der Waals surface area contributed by atoms with Crippen LogP contribution in [0.25, 0.3) is 0 Å². The summed E-state index contributed by atoms with van der Waals surface area (Å²) in [6.45, 7) is 5.95. The maximum absolute atomic E-state index is 4.40. The second kappa shape index (κ2) is 7.01. The predicted molar refractivity (Wildman–Crippen MR) is 82.6 cm³/mol. The zero-order valence-corrected chi connectivity index (χ0v) is 12.4. The Morgan fingerprint density at radius 3 is 2.65 bits per heavy atom. The molecule has 1 unspecified atom stereocenters. The third kappa shape index (κ3) is 4.31. The lowest BCUT2D eigenvalue weighted by Gasteiger charge is -2.25. The van der Waals surface area contributed by atoms with Crippen molar-refractivity contribution in [2.45, 2.75) is 26.4 Å². The molecule has 4 heteroatoms. The first-order chi connectivity index (χ1) is 9.65. The van der Waals surface area contributed by atoms with Crippen LogP contribution in [0.15, 0.2) is 42.7 Å². The molecule has 0 bridgehead atoms. The highest BCUT2D eigenvalue weighted by molar-refractivity contribution is 5.31. The smallest absolute Gasteiger partial charge is 0.144 e. The van der Waals surface area contributed by atoms with Gasteiger partial charge in [0.15, 0.2) is 0 Å². The van der Waals surface area contributed by atoms with E-state index in [1.807, 2.05) is 13.0 Å². The van der Waals surface area contributed by atoms with Crippen molar-refractivity contribution in [3.05, 3.63) is 54.0 Å². The highest BCUT2D eigenvalue weighted by Crippen LogP contribution is 2.07. The van der Waals surface area contributed by atoms with Crippen molar-refractivity contribution in [2.24, 2.45) is 0 Å². The van der Waals surface area contributed by atoms with Gasteiger partial charge in [0.05, 0.1) is 11.9 Å². The molecule has 0 amide bonds. The Labute approximate surface area is 120 Å². The number of hydrogen-bond donors (Lipinski definition) is 1. The van der Waals surface area contributed by atoms with Crippen molar-refractivity contribution in [3.8, 4) is 0 Å². The largest absolute Gasteiger partial charge is 0.367 e. The summed E-state index contributed by atoms with van der Waals surface area (Å²) in [5.74, 6) is 0.838. The highest BCUT2D eigenvalue weighted by atomic mass is 15.2. The fourth-order valence-corrected chi connectivity index (χ4v) is 1.98. The van der Waals surface area contributed by atoms with E-state index in [9.17, 15) is 0 Å². The van der Waals surface area contributed by atoms with Crippen molar-refractivity contribution >= 4 is 5.82 Å². The first-order valence-electron chi connectivity index (χ1n) is 6.92. The molecule has 1 N–H and O–H groups in total. The van der Waals surface area contributed by atoms with Gasteiger partial charge in [-0.2, -0.15) is 0 Å². The number of hydrogen-bond acceptors (Lipinski definition) is 4. The number of nitrogens with zero attached hydrogens (tertiary/aromatic N) is 3. The quantitative estimate of drug-likeness (QED) is 0.876. The van der Waals surface area contributed by atoms with Crippen LogP contribution in [-0.4, -0.2) is 34.5 Å². The van der Waals surface area contributed by atoms with E-state index < -0.39 is 0 Å². The van der Waals surface area contributed by atoms with E-state index in [2.05, 4.69) is 58.4 Å². The van der Waals surface area contributed by atoms with Crippen LogP contribution in [0.3, 0.4) is 0 Å². The molecule has 0 aliphatic carbocycles. The Kier molecular flexibility index (Phi) is 5.07. The van der Waals surface area contributed by atoms with Crippen molar-refractivity contribution in [2.75, 3.05) is 18.9 Å². The van der Waals surface area contributed by atoms with E-state index in [4.69, 9.17) is 0 Å². The molecule has 1 aromatic carbocycles. The first kappa shape index (κ1) is 14.5. The van der Waals surface area contributed by atoms with Gasteiger partial charge in [-0.05, 0) is 26.5 Å². The Morgan fingerprint density at radius 1 is 1.20 bits per heavy atom. The highest BCUT2D eigenvalue weighted by Gasteiger charge is 2.09. The van der Waals surface area contributed by atoms with Crippen LogP contribution in [0.5, 0.6) is 0 Å². The van der Waals surface area contributed by atoms with E-state index in [0.717, 1.165) is 24.6 Å². The number of benzene rings is 1. The lowest BCUT2D eigenvalue weighted by molar-refractivity contribution is 0.259. The Balaban J connectivity index is 1.83. The lowest BCUT2D eigenvalue weighted by atomic mass is 10.2. The molecular formula is C16H22N4. The topological polar surface area (TPSA) is 41.1 Å². The number of aryl methyl sites for hydroxylation is 1. The van der Waals surface area contributed by atoms with Gasteiger partial charge in [0, 0.05) is 25.3 Å². The molecule has 0 aliphatic rings. The maximum Gasteiger partial charge on any atom is 0.144 e. The standard InChI is InChI=1S/C16H22N4/c1-13-9-17-11-16(19-13)18-10-14(2)20(3)12-15-7-5-4-6-8-15/h4-9,11,14H,10,12H2,1-3H3,(H,18,19). The van der Waals surface area contributed by atoms with Crippen LogP contribution in [0, 0.1) is 6.92 Å². The van der Waals surface area contributed by atoms with Gasteiger partial charge < -0.3 is 5.32 Å². The SMILES string of the molecule is Cc1cncc(NCC(C)N(C)Cc2ccccc2)n1. The van der Waals surface area contributed by atoms with Gasteiger partial charge >= 0.3 is 0 Å². The number of nitrogens with one attached hydrogen (secondary N) is 1. The second-order valence-corrected chi connectivity index (χ2v) is 5.18. The van der Waals surface area contributed by atoms with Gasteiger partial charge in [0.2, 0.25) is 0 Å². The molecule has 0 saturated heterocycles. The van der Waals surface area contributed by atoms with Crippen LogP contribution >= 0.6 is 0 Å². The van der Waals surface area contributed by atoms with E-state index >= 15 is 0 Å². The van der Waals surface area contributed by atoms with Crippen molar-refractivity contribution in [1.29, 1.82) is 0 Å². The molecule has 0 radical (unpaired) electrons. The first-order valence-corrected chi connectivity index (χ1v) is 6.92. The molecule has 1 aromatic heterocycles. The molecular weight excluding hydrogens is 248 g/mol. The summed E-state index contributed by atoms with van der Waals surface area (Å²) in [6.07, 6.45) is 3.52. The fraction of sp³-hybridized carbons (Fsp3) is 0.375. The van der Waals surface area contributed by atoms with Crippen molar-refractivity contribution in [3.63, 3.8) is 0 Å². The molecule has 0 fully saturated rings. The van der Waals surface area contributed by atoms with Crippen LogP contribution in [-0.2, 0) is 6.54 Å². The molecule has 1 heterocycles. The summed E-state index contributed by atoms with van der Waals surface area (Å²) in [6, 6.07) is 10.9. The van der Waals surface area contributed by atoms with Crippen LogP contribution in [0.4, 0.5) is 5.82 Å². The summed E-state index contributed by atoms with van der Waals surface area (Å²) in [7, 11) is 2.14. The molecule has 0 saturated carbocycles. The van der Waals surface area contributed by atoms with Crippen molar-refractivity contribution < 1.29 is 0 Å². The summed E-state index contributed by atoms with van der Waals surface area (Å²) in [5, 5.41) is 3.34. The minimum absolute atomic E-state index is 0.414. The number of anilines is 1. The van der Waals surface area contributed by atoms with E-state index in [1.54, 1.807) is 12.4 Å². The minimum atomic E-state index is 0.414. The van der Waals surface area contributed by atoms with Crippen molar-refractivity contribution in [1.82, 2.24) is 14.9 Å². The average Bonchev–Trinajstić information content (AvgIpc) is 2.46. The van der Waals surface area contributed by atoms with E-state index in [-0.39, 0.29) is 0 Å². The van der Waals surface area contributed by atoms with Crippen LogP contribution in [0.1, 0.15) is 18.2 Å². The Morgan fingerprint density at radius 2 is 1.95 bits per heavy atom. The third-order valence-corrected chi connectivity index (χ3v) is 3.36. The van der Waals surface area contributed by atoms with Gasteiger partial charge in [0.1, 0.15) is 5.82 Å².